The highest BCUT2D eigenvalue weighted by Gasteiger charge is 2.32. The van der Waals surface area contributed by atoms with Crippen LogP contribution in [0.2, 0.25) is 0 Å². The number of aryl methyl sites for hydroxylation is 1. The van der Waals surface area contributed by atoms with Gasteiger partial charge in [-0.15, -0.1) is 0 Å². The summed E-state index contributed by atoms with van der Waals surface area (Å²) in [7, 11) is -3.43. The third kappa shape index (κ3) is 3.84. The highest BCUT2D eigenvalue weighted by Crippen LogP contribution is 2.25. The van der Waals surface area contributed by atoms with Crippen molar-refractivity contribution in [1.29, 1.82) is 0 Å². The fraction of sp³-hybridized carbons (Fsp3) is 0.562. The van der Waals surface area contributed by atoms with Gasteiger partial charge in [0.2, 0.25) is 10.0 Å². The van der Waals surface area contributed by atoms with Crippen molar-refractivity contribution < 1.29 is 13.2 Å². The number of carbonyl (C=O) groups excluding carboxylic acids is 1. The zero-order valence-corrected chi connectivity index (χ0v) is 14.3. The van der Waals surface area contributed by atoms with Gasteiger partial charge in [0.1, 0.15) is 0 Å². The number of carbonyl (C=O) groups is 1. The average molecular weight is 337 g/mol. The molecule has 6 nitrogen and oxygen atoms in total. The summed E-state index contributed by atoms with van der Waals surface area (Å²) in [5.41, 5.74) is 1.71. The molecule has 1 aromatic carbocycles. The molecule has 23 heavy (non-hydrogen) atoms. The molecule has 2 atom stereocenters. The molecule has 0 aliphatic carbocycles. The predicted octanol–water partition coefficient (Wildman–Crippen LogP) is 1.33. The molecule has 2 heterocycles. The lowest BCUT2D eigenvalue weighted by Crippen LogP contribution is -2.39. The molecule has 2 saturated heterocycles. The van der Waals surface area contributed by atoms with Crippen LogP contribution >= 0.6 is 0 Å². The molecule has 7 heteroatoms. The SMILES string of the molecule is Cc1ccc(NS(C)(=O)=O)c(C(=O)N2CCC3CCC(C2)N3)c1. The van der Waals surface area contributed by atoms with Crippen LogP contribution in [0.15, 0.2) is 18.2 Å². The normalized spacial score (nSPS) is 24.3. The number of anilines is 1. The average Bonchev–Trinajstić information content (AvgIpc) is 2.78. The maximum atomic E-state index is 13.0. The van der Waals surface area contributed by atoms with Crippen LogP contribution in [0.5, 0.6) is 0 Å². The van der Waals surface area contributed by atoms with E-state index in [0.717, 1.165) is 24.7 Å². The van der Waals surface area contributed by atoms with E-state index in [4.69, 9.17) is 0 Å². The molecule has 2 N–H and O–H groups in total. The maximum absolute atomic E-state index is 13.0. The minimum atomic E-state index is -3.43. The Labute approximate surface area is 137 Å². The van der Waals surface area contributed by atoms with Gasteiger partial charge in [-0.2, -0.15) is 0 Å². The van der Waals surface area contributed by atoms with Crippen LogP contribution in [0, 0.1) is 6.92 Å². The Morgan fingerprint density at radius 2 is 2.00 bits per heavy atom. The van der Waals surface area contributed by atoms with Crippen LogP contribution < -0.4 is 10.0 Å². The van der Waals surface area contributed by atoms with Gasteiger partial charge in [-0.25, -0.2) is 8.42 Å². The fourth-order valence-corrected chi connectivity index (χ4v) is 4.00. The molecule has 3 rings (SSSR count). The van der Waals surface area contributed by atoms with E-state index in [9.17, 15) is 13.2 Å². The molecule has 2 unspecified atom stereocenters. The van der Waals surface area contributed by atoms with Gasteiger partial charge >= 0.3 is 0 Å². The van der Waals surface area contributed by atoms with Crippen molar-refractivity contribution in [3.63, 3.8) is 0 Å². The number of hydrogen-bond acceptors (Lipinski definition) is 4. The Morgan fingerprint density at radius 3 is 2.74 bits per heavy atom. The number of hydrogen-bond donors (Lipinski definition) is 2. The molecule has 0 saturated carbocycles. The second-order valence-corrected chi connectivity index (χ2v) is 8.35. The summed E-state index contributed by atoms with van der Waals surface area (Å²) in [4.78, 5) is 14.8. The van der Waals surface area contributed by atoms with E-state index in [1.807, 2.05) is 11.8 Å². The first kappa shape index (κ1) is 16.3. The van der Waals surface area contributed by atoms with Gasteiger partial charge in [0.25, 0.3) is 5.91 Å². The van der Waals surface area contributed by atoms with Crippen LogP contribution in [-0.4, -0.2) is 50.7 Å². The molecule has 126 valence electrons. The summed E-state index contributed by atoms with van der Waals surface area (Å²) in [5.74, 6) is -0.103. The van der Waals surface area contributed by atoms with Crippen LogP contribution in [0.3, 0.4) is 0 Å². The number of rotatable bonds is 3. The third-order valence-electron chi connectivity index (χ3n) is 4.51. The van der Waals surface area contributed by atoms with Crippen molar-refractivity contribution in [1.82, 2.24) is 10.2 Å². The van der Waals surface area contributed by atoms with E-state index in [2.05, 4.69) is 10.0 Å². The largest absolute Gasteiger partial charge is 0.337 e. The van der Waals surface area contributed by atoms with Gasteiger partial charge in [0, 0.05) is 25.2 Å². The number of fused-ring (bicyclic) bond motifs is 2. The van der Waals surface area contributed by atoms with Crippen molar-refractivity contribution in [3.05, 3.63) is 29.3 Å². The first-order valence-corrected chi connectivity index (χ1v) is 9.85. The Morgan fingerprint density at radius 1 is 1.26 bits per heavy atom. The summed E-state index contributed by atoms with van der Waals surface area (Å²) in [6.45, 7) is 3.29. The number of nitrogens with zero attached hydrogens (tertiary/aromatic N) is 1. The Kier molecular flexibility index (Phi) is 4.33. The second kappa shape index (κ2) is 6.13. The fourth-order valence-electron chi connectivity index (χ4n) is 3.42. The number of amides is 1. The van der Waals surface area contributed by atoms with E-state index >= 15 is 0 Å². The Bertz CT molecular complexity index is 717. The van der Waals surface area contributed by atoms with Gasteiger partial charge in [-0.3, -0.25) is 9.52 Å². The molecule has 0 aromatic heterocycles. The van der Waals surface area contributed by atoms with Crippen LogP contribution in [0.4, 0.5) is 5.69 Å². The number of benzene rings is 1. The van der Waals surface area contributed by atoms with Gasteiger partial charge in [-0.05, 0) is 38.3 Å². The topological polar surface area (TPSA) is 78.5 Å². The molecule has 1 amide bonds. The first-order chi connectivity index (χ1) is 10.8. The standard InChI is InChI=1S/C16H23N3O3S/c1-11-3-6-15(18-23(2,21)22)14(9-11)16(20)19-8-7-12-4-5-13(10-19)17-12/h3,6,9,12-13,17-18H,4-5,7-8,10H2,1-2H3. The molecule has 1 aromatic rings. The number of likely N-dealkylation sites (tertiary alicyclic amines) is 1. The predicted molar refractivity (Wildman–Crippen MR) is 90.1 cm³/mol. The van der Waals surface area contributed by atoms with Crippen molar-refractivity contribution in [3.8, 4) is 0 Å². The van der Waals surface area contributed by atoms with Gasteiger partial charge in [-0.1, -0.05) is 11.6 Å². The summed E-state index contributed by atoms with van der Waals surface area (Å²) in [6, 6.07) is 6.07. The lowest BCUT2D eigenvalue weighted by Gasteiger charge is -2.25. The highest BCUT2D eigenvalue weighted by atomic mass is 32.2. The van der Waals surface area contributed by atoms with Crippen LogP contribution in [0.1, 0.15) is 35.2 Å². The summed E-state index contributed by atoms with van der Waals surface area (Å²) < 4.78 is 25.6. The van der Waals surface area contributed by atoms with Crippen molar-refractivity contribution >= 4 is 21.6 Å². The lowest BCUT2D eigenvalue weighted by molar-refractivity contribution is 0.0749. The highest BCUT2D eigenvalue weighted by molar-refractivity contribution is 7.92. The molecular weight excluding hydrogens is 314 g/mol. The van der Waals surface area contributed by atoms with E-state index in [1.165, 1.54) is 6.42 Å². The molecule has 2 aliphatic heterocycles. The monoisotopic (exact) mass is 337 g/mol. The van der Waals surface area contributed by atoms with Gasteiger partial charge in [0.05, 0.1) is 17.5 Å². The number of sulfonamides is 1. The number of nitrogens with one attached hydrogen (secondary N) is 2. The smallest absolute Gasteiger partial charge is 0.256 e. The quantitative estimate of drug-likeness (QED) is 0.872. The van der Waals surface area contributed by atoms with Gasteiger partial charge in [0.15, 0.2) is 0 Å². The van der Waals surface area contributed by atoms with Crippen LogP contribution in [0.25, 0.3) is 0 Å². The molecule has 2 aliphatic rings. The lowest BCUT2D eigenvalue weighted by atomic mass is 10.1. The minimum Gasteiger partial charge on any atom is -0.337 e. The van der Waals surface area contributed by atoms with Crippen molar-refractivity contribution in [2.45, 2.75) is 38.3 Å². The van der Waals surface area contributed by atoms with Crippen molar-refractivity contribution in [2.24, 2.45) is 0 Å². The summed E-state index contributed by atoms with van der Waals surface area (Å²) in [6.07, 6.45) is 4.31. The zero-order chi connectivity index (χ0) is 16.6. The summed E-state index contributed by atoms with van der Waals surface area (Å²) >= 11 is 0. The minimum absolute atomic E-state index is 0.103. The Balaban J connectivity index is 1.87. The third-order valence-corrected chi connectivity index (χ3v) is 5.10. The maximum Gasteiger partial charge on any atom is 0.256 e. The molecule has 0 radical (unpaired) electrons. The molecule has 2 bridgehead atoms. The summed E-state index contributed by atoms with van der Waals surface area (Å²) in [5, 5.41) is 3.55. The zero-order valence-electron chi connectivity index (χ0n) is 13.5. The van der Waals surface area contributed by atoms with Crippen LogP contribution in [-0.2, 0) is 10.0 Å². The molecular formula is C16H23N3O3S. The Hall–Kier alpha value is -1.60. The van der Waals surface area contributed by atoms with E-state index in [-0.39, 0.29) is 5.91 Å². The molecule has 0 spiro atoms. The van der Waals surface area contributed by atoms with Crippen molar-refractivity contribution in [2.75, 3.05) is 24.1 Å². The van der Waals surface area contributed by atoms with E-state index < -0.39 is 10.0 Å². The first-order valence-electron chi connectivity index (χ1n) is 7.95. The van der Waals surface area contributed by atoms with E-state index in [1.54, 1.807) is 18.2 Å². The second-order valence-electron chi connectivity index (χ2n) is 6.60. The van der Waals surface area contributed by atoms with E-state index in [0.29, 0.717) is 36.4 Å². The molecule has 2 fully saturated rings. The van der Waals surface area contributed by atoms with Gasteiger partial charge < -0.3 is 10.2 Å².